The highest BCUT2D eigenvalue weighted by Crippen LogP contribution is 1.96. The Hall–Kier alpha value is -0.0151. The lowest BCUT2D eigenvalue weighted by Crippen LogP contribution is -2.11. The van der Waals surface area contributed by atoms with Gasteiger partial charge >= 0.3 is 0 Å². The fraction of sp³-hybridized carbons (Fsp3) is 1.00. The zero-order valence-corrected chi connectivity index (χ0v) is 3.55. The Morgan fingerprint density at radius 1 is 1.67 bits per heavy atom. The third-order valence-electron chi connectivity index (χ3n) is 0.780. The lowest BCUT2D eigenvalue weighted by Gasteiger charge is -2.01. The van der Waals surface area contributed by atoms with E-state index in [1.54, 1.807) is 0 Å². The van der Waals surface area contributed by atoms with Gasteiger partial charge in [0.1, 0.15) is 0 Å². The van der Waals surface area contributed by atoms with E-state index in [0.717, 1.165) is 19.6 Å². The summed E-state index contributed by atoms with van der Waals surface area (Å²) in [6.45, 7) is 1.66. The Morgan fingerprint density at radius 3 is 2.67 bits per heavy atom. The number of rotatable bonds is 0. The highest BCUT2D eigenvalue weighted by Gasteiger charge is 2.03. The first-order valence-corrected chi connectivity index (χ1v) is 2.05. The smallest absolute Gasteiger partial charge is 0.224 e. The topological polar surface area (TPSA) is 12.5 Å². The van der Waals surface area contributed by atoms with Crippen molar-refractivity contribution in [2.75, 3.05) is 13.2 Å². The zero-order valence-electron chi connectivity index (χ0n) is 3.55. The summed E-state index contributed by atoms with van der Waals surface area (Å²) < 4.78 is 0. The van der Waals surface area contributed by atoms with Gasteiger partial charge in [-0.3, -0.25) is 0 Å². The quantitative estimate of drug-likeness (QED) is 0.373. The molecule has 0 amide bonds. The molecule has 1 heterocycles. The van der Waals surface area contributed by atoms with Crippen molar-refractivity contribution in [3.05, 3.63) is 0 Å². The largest absolute Gasteiger partial charge is 0.312 e. The minimum atomic E-state index is 0.788. The van der Waals surface area contributed by atoms with Gasteiger partial charge in [0.15, 0.2) is 0 Å². The summed E-state index contributed by atoms with van der Waals surface area (Å²) in [5.74, 6) is 0. The van der Waals surface area contributed by atoms with Crippen molar-refractivity contribution in [2.45, 2.75) is 6.42 Å². The third kappa shape index (κ3) is 0.728. The number of hydroxylamine groups is 1. The Labute approximate surface area is 38.5 Å². The van der Waals surface area contributed by atoms with Crippen LogP contribution in [0.3, 0.4) is 0 Å². The van der Waals surface area contributed by atoms with Crippen LogP contribution in [0.15, 0.2) is 0 Å². The molecule has 0 unspecified atom stereocenters. The molecule has 0 bridgehead atoms. The van der Waals surface area contributed by atoms with Crippen molar-refractivity contribution in [1.29, 1.82) is 0 Å². The second-order valence-corrected chi connectivity index (χ2v) is 1.33. The summed E-state index contributed by atoms with van der Waals surface area (Å²) in [6.07, 6.45) is 1.07. The van der Waals surface area contributed by atoms with Crippen molar-refractivity contribution in [3.63, 3.8) is 0 Å². The number of nitrogens with zero attached hydrogens (tertiary/aromatic N) is 1. The summed E-state index contributed by atoms with van der Waals surface area (Å²) in [5, 5.41) is 0. The predicted octanol–water partition coefficient (Wildman–Crippen LogP) is -0.293. The maximum atomic E-state index is 5.15. The van der Waals surface area contributed by atoms with Crippen LogP contribution in [-0.2, 0) is 4.84 Å². The van der Waals surface area contributed by atoms with Gasteiger partial charge in [0.25, 0.3) is 0 Å². The van der Waals surface area contributed by atoms with Crippen LogP contribution in [0.1, 0.15) is 6.42 Å². The first kappa shape index (κ1) is 4.15. The van der Waals surface area contributed by atoms with Crippen LogP contribution < -0.4 is 0 Å². The van der Waals surface area contributed by atoms with Gasteiger partial charge in [-0.15, -0.1) is 0 Å². The maximum Gasteiger partial charge on any atom is 0.224 e. The average Bonchev–Trinajstić information content (AvgIpc) is 1.86. The van der Waals surface area contributed by atoms with Crippen LogP contribution in [0.4, 0.5) is 0 Å². The molecule has 0 aromatic rings. The average molecular weight is 82.9 g/mol. The minimum absolute atomic E-state index is 0.788. The van der Waals surface area contributed by atoms with Gasteiger partial charge in [0.2, 0.25) is 7.98 Å². The van der Waals surface area contributed by atoms with E-state index >= 15 is 0 Å². The summed E-state index contributed by atoms with van der Waals surface area (Å²) in [5.41, 5.74) is 0. The first-order chi connectivity index (χ1) is 2.89. The Kier molecular flexibility index (Phi) is 1.12. The van der Waals surface area contributed by atoms with E-state index in [4.69, 9.17) is 12.8 Å². The van der Waals surface area contributed by atoms with Crippen molar-refractivity contribution in [2.24, 2.45) is 0 Å². The van der Waals surface area contributed by atoms with Gasteiger partial charge in [-0.25, -0.2) is 4.97 Å². The molecule has 0 aliphatic carbocycles. The number of hydrogen-bond acceptors (Lipinski definition) is 2. The van der Waals surface area contributed by atoms with Crippen LogP contribution in [-0.4, -0.2) is 26.1 Å². The second kappa shape index (κ2) is 1.62. The van der Waals surface area contributed by atoms with E-state index < -0.39 is 0 Å². The van der Waals surface area contributed by atoms with Gasteiger partial charge < -0.3 is 4.84 Å². The van der Waals surface area contributed by atoms with Gasteiger partial charge in [0, 0.05) is 6.54 Å². The predicted molar refractivity (Wildman–Crippen MR) is 23.0 cm³/mol. The fourth-order valence-electron chi connectivity index (χ4n) is 0.467. The summed E-state index contributed by atoms with van der Waals surface area (Å²) in [6, 6.07) is 0. The molecule has 2 nitrogen and oxygen atoms in total. The molecule has 0 atom stereocenters. The molecule has 0 spiro atoms. The summed E-state index contributed by atoms with van der Waals surface area (Å²) in [4.78, 5) is 6.12. The molecule has 0 aromatic heterocycles. The van der Waals surface area contributed by atoms with Gasteiger partial charge in [-0.2, -0.15) is 0 Å². The molecule has 0 aromatic carbocycles. The molecule has 1 fully saturated rings. The SMILES string of the molecule is [B]N1CCCO1. The maximum absolute atomic E-state index is 5.15. The van der Waals surface area contributed by atoms with Crippen molar-refractivity contribution >= 4 is 7.98 Å². The van der Waals surface area contributed by atoms with Crippen LogP contribution in [0.5, 0.6) is 0 Å². The molecular weight excluding hydrogens is 76.9 g/mol. The number of hydrogen-bond donors (Lipinski definition) is 0. The molecule has 6 heavy (non-hydrogen) atoms. The van der Waals surface area contributed by atoms with Crippen LogP contribution >= 0.6 is 0 Å². The second-order valence-electron chi connectivity index (χ2n) is 1.33. The van der Waals surface area contributed by atoms with Gasteiger partial charge in [-0.05, 0) is 6.42 Å². The van der Waals surface area contributed by atoms with E-state index in [1.165, 1.54) is 4.97 Å². The first-order valence-electron chi connectivity index (χ1n) is 2.05. The zero-order chi connectivity index (χ0) is 4.41. The molecule has 32 valence electrons. The lowest BCUT2D eigenvalue weighted by atomic mass is 10.4. The molecule has 0 N–H and O–H groups in total. The normalized spacial score (nSPS) is 25.3. The van der Waals surface area contributed by atoms with Crippen molar-refractivity contribution < 1.29 is 4.84 Å². The molecule has 1 aliphatic heterocycles. The van der Waals surface area contributed by atoms with Gasteiger partial charge in [-0.1, -0.05) is 0 Å². The highest BCUT2D eigenvalue weighted by atomic mass is 16.7. The molecular formula is C3H6BNO. The van der Waals surface area contributed by atoms with E-state index in [2.05, 4.69) is 0 Å². The van der Waals surface area contributed by atoms with Crippen molar-refractivity contribution in [3.8, 4) is 0 Å². The standard InChI is InChI=1S/C3H6BNO/c4-5-2-1-3-6-5/h1-3H2. The molecule has 0 saturated carbocycles. The molecule has 1 saturated heterocycles. The van der Waals surface area contributed by atoms with Crippen LogP contribution in [0, 0.1) is 0 Å². The molecule has 2 radical (unpaired) electrons. The van der Waals surface area contributed by atoms with E-state index in [-0.39, 0.29) is 0 Å². The Bertz CT molecular complexity index is 44.1. The van der Waals surface area contributed by atoms with Gasteiger partial charge in [0.05, 0.1) is 6.61 Å². The third-order valence-corrected chi connectivity index (χ3v) is 0.780. The van der Waals surface area contributed by atoms with Crippen LogP contribution in [0.25, 0.3) is 0 Å². The van der Waals surface area contributed by atoms with Crippen LogP contribution in [0.2, 0.25) is 0 Å². The fourth-order valence-corrected chi connectivity index (χ4v) is 0.467. The minimum Gasteiger partial charge on any atom is -0.312 e. The monoisotopic (exact) mass is 83.1 g/mol. The Morgan fingerprint density at radius 2 is 2.50 bits per heavy atom. The summed E-state index contributed by atoms with van der Waals surface area (Å²) >= 11 is 0. The molecule has 1 rings (SSSR count). The molecule has 3 heteroatoms. The lowest BCUT2D eigenvalue weighted by molar-refractivity contribution is -0.0278. The molecule has 1 aliphatic rings. The van der Waals surface area contributed by atoms with E-state index in [9.17, 15) is 0 Å². The van der Waals surface area contributed by atoms with E-state index in [0.29, 0.717) is 0 Å². The summed E-state index contributed by atoms with van der Waals surface area (Å²) in [7, 11) is 5.15. The van der Waals surface area contributed by atoms with Crippen molar-refractivity contribution in [1.82, 2.24) is 4.97 Å². The van der Waals surface area contributed by atoms with E-state index in [1.807, 2.05) is 0 Å². The Balaban J connectivity index is 2.18. The highest BCUT2D eigenvalue weighted by molar-refractivity contribution is 6.03.